The minimum absolute atomic E-state index is 0.0763. The van der Waals surface area contributed by atoms with Gasteiger partial charge in [0.05, 0.1) is 23.4 Å². The molecule has 136 valence electrons. The number of nitrogens with one attached hydrogen (secondary N) is 1. The predicted molar refractivity (Wildman–Crippen MR) is 95.7 cm³/mol. The van der Waals surface area contributed by atoms with Gasteiger partial charge in [0.1, 0.15) is 5.70 Å². The Morgan fingerprint density at radius 2 is 1.92 bits per heavy atom. The third-order valence-corrected chi connectivity index (χ3v) is 3.18. The van der Waals surface area contributed by atoms with Crippen molar-refractivity contribution in [1.29, 1.82) is 0 Å². The summed E-state index contributed by atoms with van der Waals surface area (Å²) in [6, 6.07) is 5.26. The van der Waals surface area contributed by atoms with Gasteiger partial charge in [0.2, 0.25) is 11.7 Å². The number of nitro benzene ring substituents is 1. The number of Topliss-reactive ketones (excluding diaryl/α,β-unsaturated/α-hetero) is 1. The maximum absolute atomic E-state index is 12.7. The van der Waals surface area contributed by atoms with Crippen molar-refractivity contribution in [2.75, 3.05) is 5.32 Å². The van der Waals surface area contributed by atoms with Crippen molar-refractivity contribution in [3.63, 3.8) is 0 Å². The maximum atomic E-state index is 12.7. The largest absolute Gasteiger partial charge is 0.474 e. The third-order valence-electron chi connectivity index (χ3n) is 3.18. The summed E-state index contributed by atoms with van der Waals surface area (Å²) in [7, 11) is 0. The molecule has 0 aliphatic carbocycles. The van der Waals surface area contributed by atoms with Crippen LogP contribution in [0.5, 0.6) is 5.88 Å². The number of hydrogen-bond donors (Lipinski definition) is 2. The first-order valence-electron chi connectivity index (χ1n) is 7.79. The second-order valence-corrected chi connectivity index (χ2v) is 5.73. The van der Waals surface area contributed by atoms with Gasteiger partial charge in [-0.15, -0.1) is 0 Å². The van der Waals surface area contributed by atoms with E-state index < -0.39 is 10.7 Å². The monoisotopic (exact) mass is 357 g/mol. The Morgan fingerprint density at radius 1 is 1.27 bits per heavy atom. The van der Waals surface area contributed by atoms with Gasteiger partial charge in [-0.05, 0) is 32.9 Å². The summed E-state index contributed by atoms with van der Waals surface area (Å²) in [5.74, 6) is 0.178. The summed E-state index contributed by atoms with van der Waals surface area (Å²) in [6.07, 6.45) is 2.81. The zero-order chi connectivity index (χ0) is 19.3. The molecule has 0 aliphatic rings. The maximum Gasteiger partial charge on any atom is 0.269 e. The first-order valence-corrected chi connectivity index (χ1v) is 7.79. The number of allylic oxidation sites excluding steroid dienone is 2. The van der Waals surface area contributed by atoms with Crippen molar-refractivity contribution in [3.8, 4) is 5.88 Å². The molecule has 0 saturated carbocycles. The van der Waals surface area contributed by atoms with Crippen molar-refractivity contribution in [2.24, 2.45) is 5.73 Å². The number of nitro groups is 1. The van der Waals surface area contributed by atoms with E-state index in [2.05, 4.69) is 15.3 Å². The Morgan fingerprint density at radius 3 is 2.46 bits per heavy atom. The number of nitrogens with zero attached hydrogens (tertiary/aromatic N) is 3. The minimum atomic E-state index is -0.534. The van der Waals surface area contributed by atoms with E-state index >= 15 is 0 Å². The van der Waals surface area contributed by atoms with Crippen molar-refractivity contribution in [2.45, 2.75) is 26.9 Å². The molecule has 1 aromatic carbocycles. The number of ketones is 1. The summed E-state index contributed by atoms with van der Waals surface area (Å²) < 4.78 is 5.47. The molecule has 1 aromatic heterocycles. The number of non-ortho nitro benzene ring substituents is 1. The average Bonchev–Trinajstić information content (AvgIpc) is 2.58. The molecule has 26 heavy (non-hydrogen) atoms. The van der Waals surface area contributed by atoms with E-state index in [0.717, 1.165) is 0 Å². The Balaban J connectivity index is 2.25. The summed E-state index contributed by atoms with van der Waals surface area (Å²) in [5.41, 5.74) is 6.33. The van der Waals surface area contributed by atoms with Crippen molar-refractivity contribution in [1.82, 2.24) is 9.97 Å². The molecule has 9 heteroatoms. The second-order valence-electron chi connectivity index (χ2n) is 5.73. The van der Waals surface area contributed by atoms with Gasteiger partial charge in [-0.25, -0.2) is 0 Å². The highest BCUT2D eigenvalue weighted by atomic mass is 16.6. The van der Waals surface area contributed by atoms with Crippen LogP contribution in [0.25, 0.3) is 0 Å². The van der Waals surface area contributed by atoms with Crippen molar-refractivity contribution >= 4 is 17.3 Å². The molecule has 0 radical (unpaired) electrons. The standard InChI is InChI=1S/C17H19N5O4/c1-10(2)26-15-9-19-8-14(20-15)21-16(11(3)18)17(23)12-4-6-13(7-5-12)22(24)25/h4-10H,18H2,1-3H3,(H,20,21). The summed E-state index contributed by atoms with van der Waals surface area (Å²) >= 11 is 0. The van der Waals surface area contributed by atoms with Gasteiger partial charge >= 0.3 is 0 Å². The van der Waals surface area contributed by atoms with Crippen molar-refractivity contribution < 1.29 is 14.5 Å². The number of carbonyl (C=O) groups is 1. The zero-order valence-corrected chi connectivity index (χ0v) is 14.6. The van der Waals surface area contributed by atoms with Crippen LogP contribution in [0.15, 0.2) is 48.1 Å². The first kappa shape index (κ1) is 18.8. The van der Waals surface area contributed by atoms with E-state index in [9.17, 15) is 14.9 Å². The van der Waals surface area contributed by atoms with Crippen LogP contribution in [0.1, 0.15) is 31.1 Å². The lowest BCUT2D eigenvalue weighted by molar-refractivity contribution is -0.384. The smallest absolute Gasteiger partial charge is 0.269 e. The number of ether oxygens (including phenoxy) is 1. The van der Waals surface area contributed by atoms with E-state index in [4.69, 9.17) is 10.5 Å². The van der Waals surface area contributed by atoms with Crippen LogP contribution in [-0.4, -0.2) is 26.8 Å². The molecule has 0 fully saturated rings. The number of nitrogens with two attached hydrogens (primary N) is 1. The Labute approximate surface area is 150 Å². The topological polar surface area (TPSA) is 133 Å². The fourth-order valence-electron chi connectivity index (χ4n) is 2.05. The van der Waals surface area contributed by atoms with E-state index in [0.29, 0.717) is 11.7 Å². The number of anilines is 1. The average molecular weight is 357 g/mol. The van der Waals surface area contributed by atoms with Gasteiger partial charge in [0.15, 0.2) is 5.82 Å². The predicted octanol–water partition coefficient (Wildman–Crippen LogP) is 2.66. The molecule has 2 aromatic rings. The Hall–Kier alpha value is -3.49. The summed E-state index contributed by atoms with van der Waals surface area (Å²) in [6.45, 7) is 5.28. The number of hydrogen-bond acceptors (Lipinski definition) is 8. The van der Waals surface area contributed by atoms with Gasteiger partial charge < -0.3 is 15.8 Å². The molecule has 0 bridgehead atoms. The third kappa shape index (κ3) is 4.76. The van der Waals surface area contributed by atoms with Crippen LogP contribution >= 0.6 is 0 Å². The van der Waals surface area contributed by atoms with Gasteiger partial charge in [0.25, 0.3) is 5.69 Å². The van der Waals surface area contributed by atoms with E-state index in [-0.39, 0.29) is 28.7 Å². The van der Waals surface area contributed by atoms with Gasteiger partial charge in [-0.3, -0.25) is 19.9 Å². The van der Waals surface area contributed by atoms with Crippen LogP contribution < -0.4 is 15.8 Å². The molecule has 9 nitrogen and oxygen atoms in total. The lowest BCUT2D eigenvalue weighted by Crippen LogP contribution is -2.18. The number of rotatable bonds is 7. The number of carbonyl (C=O) groups excluding carboxylic acids is 1. The van der Waals surface area contributed by atoms with Crippen LogP contribution in [0.4, 0.5) is 11.5 Å². The molecule has 0 unspecified atom stereocenters. The molecular formula is C17H19N5O4. The van der Waals surface area contributed by atoms with Gasteiger partial charge in [0, 0.05) is 23.4 Å². The van der Waals surface area contributed by atoms with E-state index in [1.165, 1.54) is 36.7 Å². The molecule has 2 rings (SSSR count). The van der Waals surface area contributed by atoms with Gasteiger partial charge in [-0.1, -0.05) is 0 Å². The quantitative estimate of drug-likeness (QED) is 0.334. The lowest BCUT2D eigenvalue weighted by atomic mass is 10.1. The lowest BCUT2D eigenvalue weighted by Gasteiger charge is -2.13. The molecular weight excluding hydrogens is 338 g/mol. The molecule has 0 amide bonds. The highest BCUT2D eigenvalue weighted by Gasteiger charge is 2.17. The summed E-state index contributed by atoms with van der Waals surface area (Å²) in [5, 5.41) is 13.6. The van der Waals surface area contributed by atoms with Crippen LogP contribution in [0, 0.1) is 10.1 Å². The van der Waals surface area contributed by atoms with Crippen LogP contribution in [0.2, 0.25) is 0 Å². The zero-order valence-electron chi connectivity index (χ0n) is 14.6. The summed E-state index contributed by atoms with van der Waals surface area (Å²) in [4.78, 5) is 31.1. The number of benzene rings is 1. The SMILES string of the molecule is CC(N)=C(Nc1cncc(OC(C)C)n1)C(=O)c1ccc([N+](=O)[O-])cc1. The molecule has 3 N–H and O–H groups in total. The molecule has 0 spiro atoms. The van der Waals surface area contributed by atoms with Crippen LogP contribution in [0.3, 0.4) is 0 Å². The molecule has 0 atom stereocenters. The van der Waals surface area contributed by atoms with Crippen molar-refractivity contribution in [3.05, 3.63) is 63.7 Å². The fraction of sp³-hybridized carbons (Fsp3) is 0.235. The normalized spacial score (nSPS) is 11.7. The minimum Gasteiger partial charge on any atom is -0.474 e. The van der Waals surface area contributed by atoms with E-state index in [1.54, 1.807) is 6.92 Å². The number of aromatic nitrogens is 2. The van der Waals surface area contributed by atoms with E-state index in [1.807, 2.05) is 13.8 Å². The highest BCUT2D eigenvalue weighted by molar-refractivity contribution is 6.10. The Bertz CT molecular complexity index is 842. The fourth-order valence-corrected chi connectivity index (χ4v) is 2.05. The molecule has 1 heterocycles. The second kappa shape index (κ2) is 8.06. The first-order chi connectivity index (χ1) is 12.3. The Kier molecular flexibility index (Phi) is 5.84. The van der Waals surface area contributed by atoms with Crippen LogP contribution in [-0.2, 0) is 0 Å². The highest BCUT2D eigenvalue weighted by Crippen LogP contribution is 2.18. The molecule has 0 aliphatic heterocycles. The van der Waals surface area contributed by atoms with Gasteiger partial charge in [-0.2, -0.15) is 4.98 Å². The molecule has 0 saturated heterocycles.